The summed E-state index contributed by atoms with van der Waals surface area (Å²) >= 11 is 0. The summed E-state index contributed by atoms with van der Waals surface area (Å²) in [5.41, 5.74) is 5.49. The maximum atomic E-state index is 11.4. The van der Waals surface area contributed by atoms with E-state index in [4.69, 9.17) is 5.73 Å². The highest BCUT2D eigenvalue weighted by molar-refractivity contribution is 5.69. The maximum Gasteiger partial charge on any atom is 0.306 e. The van der Waals surface area contributed by atoms with Crippen LogP contribution in [0.25, 0.3) is 0 Å². The molecule has 3 N–H and O–H groups in total. The van der Waals surface area contributed by atoms with Gasteiger partial charge < -0.3 is 10.8 Å². The van der Waals surface area contributed by atoms with Gasteiger partial charge in [-0.2, -0.15) is 0 Å². The summed E-state index contributed by atoms with van der Waals surface area (Å²) in [6, 6.07) is 0. The van der Waals surface area contributed by atoms with Crippen molar-refractivity contribution in [1.82, 2.24) is 0 Å². The molecule has 0 radical (unpaired) electrons. The van der Waals surface area contributed by atoms with Crippen molar-refractivity contribution >= 4 is 5.97 Å². The summed E-state index contributed by atoms with van der Waals surface area (Å²) in [5, 5.41) is 9.40. The van der Waals surface area contributed by atoms with E-state index >= 15 is 0 Å². The first-order chi connectivity index (χ1) is 12.7. The highest BCUT2D eigenvalue weighted by Crippen LogP contribution is 2.20. The highest BCUT2D eigenvalue weighted by Gasteiger charge is 2.16. The molecule has 3 nitrogen and oxygen atoms in total. The summed E-state index contributed by atoms with van der Waals surface area (Å²) in [6.07, 6.45) is 23.3. The van der Waals surface area contributed by atoms with Gasteiger partial charge in [-0.05, 0) is 25.8 Å². The third kappa shape index (κ3) is 18.2. The molecule has 0 saturated carbocycles. The average molecular weight is 370 g/mol. The molecule has 0 fully saturated rings. The molecule has 0 aliphatic rings. The van der Waals surface area contributed by atoms with E-state index in [9.17, 15) is 9.90 Å². The van der Waals surface area contributed by atoms with Crippen LogP contribution in [0.4, 0.5) is 0 Å². The van der Waals surface area contributed by atoms with E-state index in [-0.39, 0.29) is 5.92 Å². The molecule has 0 aromatic heterocycles. The number of aliphatic carboxylic acids is 1. The lowest BCUT2D eigenvalue weighted by Crippen LogP contribution is -2.13. The van der Waals surface area contributed by atoms with E-state index in [1.807, 2.05) is 0 Å². The first-order valence-corrected chi connectivity index (χ1v) is 11.6. The first-order valence-electron chi connectivity index (χ1n) is 11.6. The van der Waals surface area contributed by atoms with Crippen LogP contribution in [0.15, 0.2) is 0 Å². The van der Waals surface area contributed by atoms with E-state index in [1.54, 1.807) is 0 Å². The number of nitrogens with two attached hydrogens (primary N) is 1. The largest absolute Gasteiger partial charge is 0.481 e. The minimum absolute atomic E-state index is 0.110. The van der Waals surface area contributed by atoms with Crippen LogP contribution in [0.2, 0.25) is 0 Å². The van der Waals surface area contributed by atoms with Gasteiger partial charge in [0.25, 0.3) is 0 Å². The van der Waals surface area contributed by atoms with Crippen molar-refractivity contribution in [3.05, 3.63) is 0 Å². The maximum absolute atomic E-state index is 11.4. The topological polar surface area (TPSA) is 63.3 Å². The molecule has 0 spiro atoms. The predicted molar refractivity (Wildman–Crippen MR) is 114 cm³/mol. The van der Waals surface area contributed by atoms with Gasteiger partial charge in [-0.15, -0.1) is 0 Å². The Morgan fingerprint density at radius 3 is 1.35 bits per heavy atom. The Kier molecular flexibility index (Phi) is 20.3. The van der Waals surface area contributed by atoms with E-state index in [1.165, 1.54) is 89.9 Å². The van der Waals surface area contributed by atoms with Crippen LogP contribution in [0.1, 0.15) is 129 Å². The Balaban J connectivity index is 3.46. The van der Waals surface area contributed by atoms with Gasteiger partial charge in [-0.3, -0.25) is 4.79 Å². The molecular weight excluding hydrogens is 322 g/mol. The monoisotopic (exact) mass is 369 g/mol. The van der Waals surface area contributed by atoms with Gasteiger partial charge in [0.05, 0.1) is 5.92 Å². The standard InChI is InChI=1S/C23H47NO2/c1-2-3-4-5-6-7-8-10-13-16-19-22(23(25)26)20-17-14-11-9-12-15-18-21-24/h22H,2-21,24H2,1H3,(H,25,26). The second-order valence-corrected chi connectivity index (χ2v) is 8.06. The van der Waals surface area contributed by atoms with Crippen molar-refractivity contribution < 1.29 is 9.90 Å². The van der Waals surface area contributed by atoms with E-state index in [2.05, 4.69) is 6.92 Å². The molecule has 0 aliphatic heterocycles. The molecule has 0 aliphatic carbocycles. The molecule has 156 valence electrons. The fourth-order valence-electron chi connectivity index (χ4n) is 3.69. The molecule has 1 atom stereocenters. The van der Waals surface area contributed by atoms with Gasteiger partial charge in [0.2, 0.25) is 0 Å². The van der Waals surface area contributed by atoms with Crippen molar-refractivity contribution in [2.24, 2.45) is 11.7 Å². The molecule has 0 amide bonds. The summed E-state index contributed by atoms with van der Waals surface area (Å²) in [4.78, 5) is 11.4. The average Bonchev–Trinajstić information content (AvgIpc) is 2.63. The third-order valence-corrected chi connectivity index (χ3v) is 5.51. The van der Waals surface area contributed by atoms with Crippen molar-refractivity contribution in [3.8, 4) is 0 Å². The summed E-state index contributed by atoms with van der Waals surface area (Å²) in [5.74, 6) is -0.690. The van der Waals surface area contributed by atoms with Crippen LogP contribution in [0.3, 0.4) is 0 Å². The van der Waals surface area contributed by atoms with Crippen molar-refractivity contribution in [2.45, 2.75) is 129 Å². The van der Waals surface area contributed by atoms with Gasteiger partial charge in [0.15, 0.2) is 0 Å². The minimum atomic E-state index is -0.580. The lowest BCUT2D eigenvalue weighted by molar-refractivity contribution is -0.142. The first kappa shape index (κ1) is 25.4. The lowest BCUT2D eigenvalue weighted by Gasteiger charge is -2.12. The van der Waals surface area contributed by atoms with Crippen LogP contribution in [-0.2, 0) is 4.79 Å². The van der Waals surface area contributed by atoms with Crippen molar-refractivity contribution in [1.29, 1.82) is 0 Å². The van der Waals surface area contributed by atoms with Crippen LogP contribution >= 0.6 is 0 Å². The number of unbranched alkanes of at least 4 members (excludes halogenated alkanes) is 15. The molecule has 0 saturated heterocycles. The summed E-state index contributed by atoms with van der Waals surface area (Å²) < 4.78 is 0. The molecule has 0 bridgehead atoms. The van der Waals surface area contributed by atoms with Crippen molar-refractivity contribution in [3.63, 3.8) is 0 Å². The SMILES string of the molecule is CCCCCCCCCCCCC(CCCCCCCCCN)C(=O)O. The summed E-state index contributed by atoms with van der Waals surface area (Å²) in [7, 11) is 0. The van der Waals surface area contributed by atoms with Gasteiger partial charge >= 0.3 is 5.97 Å². The molecule has 0 aromatic rings. The lowest BCUT2D eigenvalue weighted by atomic mass is 9.94. The zero-order valence-electron chi connectivity index (χ0n) is 17.7. The second kappa shape index (κ2) is 20.7. The Morgan fingerprint density at radius 1 is 0.654 bits per heavy atom. The van der Waals surface area contributed by atoms with E-state index in [0.29, 0.717) is 0 Å². The Morgan fingerprint density at radius 2 is 1.00 bits per heavy atom. The smallest absolute Gasteiger partial charge is 0.306 e. The Bertz CT molecular complexity index is 294. The van der Waals surface area contributed by atoms with E-state index < -0.39 is 5.97 Å². The predicted octanol–water partition coefficient (Wildman–Crippen LogP) is 7.08. The third-order valence-electron chi connectivity index (χ3n) is 5.51. The number of carboxylic acids is 1. The van der Waals surface area contributed by atoms with Gasteiger partial charge in [-0.25, -0.2) is 0 Å². The quantitative estimate of drug-likeness (QED) is 0.212. The van der Waals surface area contributed by atoms with Gasteiger partial charge in [-0.1, -0.05) is 110 Å². The van der Waals surface area contributed by atoms with E-state index in [0.717, 1.165) is 38.6 Å². The molecule has 0 aromatic carbocycles. The second-order valence-electron chi connectivity index (χ2n) is 8.06. The molecule has 26 heavy (non-hydrogen) atoms. The Labute approximate surface area is 163 Å². The van der Waals surface area contributed by atoms with Crippen LogP contribution in [0, 0.1) is 5.92 Å². The molecule has 0 rings (SSSR count). The van der Waals surface area contributed by atoms with Crippen LogP contribution < -0.4 is 5.73 Å². The fourth-order valence-corrected chi connectivity index (χ4v) is 3.69. The van der Waals surface area contributed by atoms with Gasteiger partial charge in [0, 0.05) is 0 Å². The Hall–Kier alpha value is -0.570. The zero-order chi connectivity index (χ0) is 19.3. The number of hydrogen-bond acceptors (Lipinski definition) is 2. The molecular formula is C23H47NO2. The normalized spacial score (nSPS) is 12.4. The number of carboxylic acid groups (broad SMARTS) is 1. The number of rotatable bonds is 21. The molecule has 3 heteroatoms. The fraction of sp³-hybridized carbons (Fsp3) is 0.957. The summed E-state index contributed by atoms with van der Waals surface area (Å²) in [6.45, 7) is 3.06. The zero-order valence-corrected chi connectivity index (χ0v) is 17.7. The molecule has 1 unspecified atom stereocenters. The number of hydrogen-bond donors (Lipinski definition) is 2. The minimum Gasteiger partial charge on any atom is -0.481 e. The van der Waals surface area contributed by atoms with Crippen molar-refractivity contribution in [2.75, 3.05) is 6.54 Å². The molecule has 0 heterocycles. The van der Waals surface area contributed by atoms with Crippen LogP contribution in [0.5, 0.6) is 0 Å². The van der Waals surface area contributed by atoms with Gasteiger partial charge in [0.1, 0.15) is 0 Å². The number of carbonyl (C=O) groups is 1. The van der Waals surface area contributed by atoms with Crippen LogP contribution in [-0.4, -0.2) is 17.6 Å². The highest BCUT2D eigenvalue weighted by atomic mass is 16.4.